The van der Waals surface area contributed by atoms with Crippen molar-refractivity contribution in [3.63, 3.8) is 0 Å². The molecule has 0 spiro atoms. The van der Waals surface area contributed by atoms with E-state index in [1.165, 1.54) is 0 Å². The Morgan fingerprint density at radius 3 is 0.792 bits per heavy atom. The molecule has 0 heterocycles. The van der Waals surface area contributed by atoms with E-state index in [2.05, 4.69) is 18.2 Å². The molecule has 1 N–H and O–H groups in total. The van der Waals surface area contributed by atoms with Crippen molar-refractivity contribution in [2.45, 2.75) is 0 Å². The molecule has 0 fully saturated rings. The Hall–Kier alpha value is -1.94. The van der Waals surface area contributed by atoms with Crippen molar-refractivity contribution < 1.29 is 29.5 Å². The van der Waals surface area contributed by atoms with Crippen molar-refractivity contribution in [3.05, 3.63) is 109 Å². The quantitative estimate of drug-likeness (QED) is 0.362. The monoisotopic (exact) mass is 385 g/mol. The number of hydrogen-bond donors (Lipinski definition) is 1. The van der Waals surface area contributed by atoms with Gasteiger partial charge in [0.15, 0.2) is 0 Å². The summed E-state index contributed by atoms with van der Waals surface area (Å²) in [5.41, 5.74) is 0. The van der Waals surface area contributed by atoms with E-state index >= 15 is 0 Å². The molecular weight excluding hydrogens is 367 g/mol. The van der Waals surface area contributed by atoms with Gasteiger partial charge in [-0.05, 0) is 0 Å². The van der Waals surface area contributed by atoms with Crippen molar-refractivity contribution in [2.24, 2.45) is 0 Å². The van der Waals surface area contributed by atoms with Crippen LogP contribution in [-0.4, -0.2) is 19.2 Å². The third-order valence-corrected chi connectivity index (χ3v) is 1.82. The molecule has 0 aliphatic carbocycles. The smallest absolute Gasteiger partial charge is 0.286 e. The molecule has 0 saturated carbocycles. The van der Waals surface area contributed by atoms with Crippen LogP contribution in [0, 0.1) is 18.2 Å². The zero-order valence-corrected chi connectivity index (χ0v) is 15.0. The van der Waals surface area contributed by atoms with Crippen LogP contribution in [0.4, 0.5) is 0 Å². The topological polar surface area (TPSA) is 54.4 Å². The Labute approximate surface area is 155 Å². The molecule has 5 heteroatoms. The van der Waals surface area contributed by atoms with Gasteiger partial charge in [0.05, 0.1) is 6.26 Å². The van der Waals surface area contributed by atoms with Crippen LogP contribution >= 0.6 is 0 Å². The van der Waals surface area contributed by atoms with Gasteiger partial charge in [0.1, 0.15) is 0 Å². The van der Waals surface area contributed by atoms with Crippen molar-refractivity contribution in [1.82, 2.24) is 0 Å². The summed E-state index contributed by atoms with van der Waals surface area (Å²) in [6.07, 6.45) is 0.715. The van der Waals surface area contributed by atoms with Crippen LogP contribution in [0.15, 0.2) is 91.0 Å². The van der Waals surface area contributed by atoms with E-state index in [0.717, 1.165) is 0 Å². The first-order valence-corrected chi connectivity index (χ1v) is 8.50. The first kappa shape index (κ1) is 24.3. The minimum atomic E-state index is -3.67. The number of hydrogen-bond acceptors (Lipinski definition) is 2. The number of rotatable bonds is 0. The van der Waals surface area contributed by atoms with Crippen molar-refractivity contribution in [1.29, 1.82) is 0 Å². The SMILES string of the molecule is CS(=O)(=O)O.[Ni+3].[c-]1ccccc1.[c-]1ccccc1.[c-]1ccccc1. The molecule has 0 aliphatic heterocycles. The predicted octanol–water partition coefficient (Wildman–Crippen LogP) is 3.96. The largest absolute Gasteiger partial charge is 3.00 e. The maximum Gasteiger partial charge on any atom is 3.00 e. The molecule has 0 bridgehead atoms. The van der Waals surface area contributed by atoms with Crippen LogP contribution in [-0.2, 0) is 26.6 Å². The summed E-state index contributed by atoms with van der Waals surface area (Å²) < 4.78 is 25.9. The molecule has 0 amide bonds. The summed E-state index contributed by atoms with van der Waals surface area (Å²) in [7, 11) is -3.67. The van der Waals surface area contributed by atoms with Crippen LogP contribution in [0.5, 0.6) is 0 Å². The fourth-order valence-electron chi connectivity index (χ4n) is 1.03. The molecule has 24 heavy (non-hydrogen) atoms. The maximum absolute atomic E-state index is 9.19. The zero-order valence-electron chi connectivity index (χ0n) is 13.1. The molecule has 0 aromatic heterocycles. The summed E-state index contributed by atoms with van der Waals surface area (Å²) in [4.78, 5) is 0. The van der Waals surface area contributed by atoms with Gasteiger partial charge < -0.3 is 0 Å². The van der Waals surface area contributed by atoms with Gasteiger partial charge in [-0.3, -0.25) is 4.55 Å². The second-order valence-corrected chi connectivity index (χ2v) is 5.43. The first-order valence-electron chi connectivity index (χ1n) is 6.66. The van der Waals surface area contributed by atoms with Gasteiger partial charge in [-0.25, -0.2) is 0 Å². The zero-order chi connectivity index (χ0) is 17.2. The Kier molecular flexibility index (Phi) is 17.6. The Morgan fingerprint density at radius 1 is 0.583 bits per heavy atom. The Balaban J connectivity index is 0. The van der Waals surface area contributed by atoms with Crippen LogP contribution in [0.1, 0.15) is 0 Å². The van der Waals surface area contributed by atoms with Gasteiger partial charge in [0.2, 0.25) is 0 Å². The van der Waals surface area contributed by atoms with Gasteiger partial charge in [-0.15, -0.1) is 0 Å². The summed E-state index contributed by atoms with van der Waals surface area (Å²) in [5, 5.41) is 0. The van der Waals surface area contributed by atoms with Gasteiger partial charge in [-0.1, -0.05) is 0 Å². The van der Waals surface area contributed by atoms with Crippen LogP contribution in [0.3, 0.4) is 0 Å². The van der Waals surface area contributed by atoms with Gasteiger partial charge in [0, 0.05) is 0 Å². The van der Waals surface area contributed by atoms with E-state index < -0.39 is 10.1 Å². The van der Waals surface area contributed by atoms with E-state index in [1.54, 1.807) is 0 Å². The van der Waals surface area contributed by atoms with Crippen molar-refractivity contribution in [3.8, 4) is 0 Å². The molecular formula is C19H19NiO3S. The predicted molar refractivity (Wildman–Crippen MR) is 93.3 cm³/mol. The van der Waals surface area contributed by atoms with Gasteiger partial charge >= 0.3 is 16.5 Å². The van der Waals surface area contributed by atoms with Crippen molar-refractivity contribution in [2.75, 3.05) is 6.26 Å². The van der Waals surface area contributed by atoms with E-state index in [-0.39, 0.29) is 16.5 Å². The molecule has 0 unspecified atom stereocenters. The molecule has 0 aliphatic rings. The van der Waals surface area contributed by atoms with Crippen molar-refractivity contribution >= 4 is 10.1 Å². The molecule has 129 valence electrons. The van der Waals surface area contributed by atoms with Crippen LogP contribution < -0.4 is 0 Å². The first-order chi connectivity index (χ1) is 11.0. The summed E-state index contributed by atoms with van der Waals surface area (Å²) >= 11 is 0. The Morgan fingerprint density at radius 2 is 0.750 bits per heavy atom. The van der Waals surface area contributed by atoms with Crippen LogP contribution in [0.25, 0.3) is 0 Å². The Bertz CT molecular complexity index is 498. The molecule has 3 aromatic rings. The average Bonchev–Trinajstić information content (AvgIpc) is 2.59. The normalized spacial score (nSPS) is 8.42. The second kappa shape index (κ2) is 17.4. The van der Waals surface area contributed by atoms with E-state index in [1.807, 2.05) is 91.0 Å². The molecule has 3 nitrogen and oxygen atoms in total. The molecule has 3 aromatic carbocycles. The van der Waals surface area contributed by atoms with E-state index in [9.17, 15) is 8.42 Å². The maximum atomic E-state index is 9.19. The van der Waals surface area contributed by atoms with E-state index in [4.69, 9.17) is 4.55 Å². The number of benzene rings is 3. The average molecular weight is 386 g/mol. The van der Waals surface area contributed by atoms with E-state index in [0.29, 0.717) is 6.26 Å². The molecule has 0 saturated heterocycles. The molecule has 1 radical (unpaired) electrons. The summed E-state index contributed by atoms with van der Waals surface area (Å²) in [6, 6.07) is 37.5. The third kappa shape index (κ3) is 28.3. The summed E-state index contributed by atoms with van der Waals surface area (Å²) in [6.45, 7) is 0. The molecule has 0 atom stereocenters. The van der Waals surface area contributed by atoms with Gasteiger partial charge in [-0.2, -0.15) is 118 Å². The minimum absolute atomic E-state index is 0. The fraction of sp³-hybridized carbons (Fsp3) is 0.0526. The third-order valence-electron chi connectivity index (χ3n) is 1.82. The summed E-state index contributed by atoms with van der Waals surface area (Å²) in [5.74, 6) is 0. The minimum Gasteiger partial charge on any atom is -0.286 e. The second-order valence-electron chi connectivity index (χ2n) is 3.97. The van der Waals surface area contributed by atoms with Gasteiger partial charge in [0.25, 0.3) is 10.1 Å². The van der Waals surface area contributed by atoms with Crippen LogP contribution in [0.2, 0.25) is 0 Å². The fourth-order valence-corrected chi connectivity index (χ4v) is 1.03. The molecule has 3 rings (SSSR count). The standard InChI is InChI=1S/3C6H5.CH4O3S.Ni/c3*1-2-4-6-5-3-1;1-5(2,3)4;/h3*1-5H;1H3,(H,2,3,4);/q3*-1;;+3.